The molecular formula is C20H20ClN5. The highest BCUT2D eigenvalue weighted by molar-refractivity contribution is 6.29. The van der Waals surface area contributed by atoms with Crippen LogP contribution in [0.1, 0.15) is 19.3 Å². The van der Waals surface area contributed by atoms with Crippen LogP contribution in [-0.2, 0) is 0 Å². The summed E-state index contributed by atoms with van der Waals surface area (Å²) in [5.41, 5.74) is 3.06. The summed E-state index contributed by atoms with van der Waals surface area (Å²) in [6.07, 6.45) is 7.24. The largest absolute Gasteiger partial charge is 0.370 e. The lowest BCUT2D eigenvalue weighted by Gasteiger charge is -2.30. The lowest BCUT2D eigenvalue weighted by atomic mass is 10.1. The summed E-state index contributed by atoms with van der Waals surface area (Å²) in [6.45, 7) is 2.17. The summed E-state index contributed by atoms with van der Waals surface area (Å²) >= 11 is 6.23. The molecule has 0 unspecified atom stereocenters. The van der Waals surface area contributed by atoms with Crippen molar-refractivity contribution in [2.45, 2.75) is 19.3 Å². The van der Waals surface area contributed by atoms with E-state index in [0.29, 0.717) is 16.8 Å². The molecule has 0 bridgehead atoms. The summed E-state index contributed by atoms with van der Waals surface area (Å²) in [7, 11) is 0. The van der Waals surface area contributed by atoms with Crippen LogP contribution in [-0.4, -0.2) is 28.0 Å². The molecule has 0 radical (unpaired) electrons. The Labute approximate surface area is 158 Å². The van der Waals surface area contributed by atoms with Crippen LogP contribution in [0.5, 0.6) is 0 Å². The average molecular weight is 366 g/mol. The average Bonchev–Trinajstić information content (AvgIpc) is 2.69. The number of hydrogen-bond acceptors (Lipinski definition) is 5. The van der Waals surface area contributed by atoms with Crippen molar-refractivity contribution in [3.63, 3.8) is 0 Å². The van der Waals surface area contributed by atoms with Gasteiger partial charge in [0.05, 0.1) is 11.4 Å². The van der Waals surface area contributed by atoms with Crippen LogP contribution in [0.2, 0.25) is 5.15 Å². The molecule has 6 heteroatoms. The minimum atomic E-state index is 0.400. The predicted octanol–water partition coefficient (Wildman–Crippen LogP) is 4.93. The zero-order valence-electron chi connectivity index (χ0n) is 14.4. The van der Waals surface area contributed by atoms with E-state index >= 15 is 0 Å². The fourth-order valence-electron chi connectivity index (χ4n) is 3.23. The van der Waals surface area contributed by atoms with Crippen molar-refractivity contribution < 1.29 is 0 Å². The highest BCUT2D eigenvalue weighted by Crippen LogP contribution is 2.31. The Balaban J connectivity index is 1.65. The fraction of sp³-hybridized carbons (Fsp3) is 0.250. The molecular weight excluding hydrogens is 346 g/mol. The van der Waals surface area contributed by atoms with Crippen molar-refractivity contribution in [3.05, 3.63) is 60.0 Å². The molecule has 4 rings (SSSR count). The zero-order valence-corrected chi connectivity index (χ0v) is 15.2. The van der Waals surface area contributed by atoms with Crippen molar-refractivity contribution in [2.75, 3.05) is 23.3 Å². The van der Waals surface area contributed by atoms with Gasteiger partial charge in [-0.2, -0.15) is 0 Å². The first-order chi connectivity index (χ1) is 12.8. The fourth-order valence-corrected chi connectivity index (χ4v) is 3.42. The topological polar surface area (TPSA) is 53.9 Å². The normalized spacial score (nSPS) is 14.3. The Bertz CT molecular complexity index is 878. The van der Waals surface area contributed by atoms with Gasteiger partial charge in [-0.3, -0.25) is 4.98 Å². The Morgan fingerprint density at radius 3 is 2.62 bits per heavy atom. The quantitative estimate of drug-likeness (QED) is 0.664. The number of para-hydroxylation sites is 2. The van der Waals surface area contributed by atoms with E-state index in [0.717, 1.165) is 24.3 Å². The molecule has 0 saturated carbocycles. The molecule has 1 saturated heterocycles. The van der Waals surface area contributed by atoms with Gasteiger partial charge in [-0.25, -0.2) is 9.97 Å². The highest BCUT2D eigenvalue weighted by Gasteiger charge is 2.15. The molecule has 1 aromatic carbocycles. The van der Waals surface area contributed by atoms with Crippen LogP contribution < -0.4 is 10.2 Å². The third kappa shape index (κ3) is 3.78. The standard InChI is InChI=1S/C20H20ClN5/c21-18-13-19(25-20(24-18)15-7-6-10-22-14-15)23-16-8-2-3-9-17(16)26-11-4-1-5-12-26/h2-3,6-10,13-14H,1,4-5,11-12H2,(H,23,24,25). The number of nitrogens with one attached hydrogen (secondary N) is 1. The third-order valence-electron chi connectivity index (χ3n) is 4.48. The molecule has 1 N–H and O–H groups in total. The number of benzene rings is 1. The van der Waals surface area contributed by atoms with Gasteiger partial charge < -0.3 is 10.2 Å². The first-order valence-electron chi connectivity index (χ1n) is 8.85. The monoisotopic (exact) mass is 365 g/mol. The number of pyridine rings is 1. The molecule has 5 nitrogen and oxygen atoms in total. The summed E-state index contributed by atoms with van der Waals surface area (Å²) in [6, 6.07) is 13.9. The van der Waals surface area contributed by atoms with Crippen molar-refractivity contribution in [2.24, 2.45) is 0 Å². The lowest BCUT2D eigenvalue weighted by Crippen LogP contribution is -2.29. The van der Waals surface area contributed by atoms with Gasteiger partial charge in [-0.15, -0.1) is 0 Å². The maximum atomic E-state index is 6.23. The Hall–Kier alpha value is -2.66. The molecule has 0 amide bonds. The van der Waals surface area contributed by atoms with Crippen LogP contribution in [0, 0.1) is 0 Å². The molecule has 1 fully saturated rings. The smallest absolute Gasteiger partial charge is 0.164 e. The molecule has 1 aliphatic heterocycles. The Kier molecular flexibility index (Phi) is 4.97. The lowest BCUT2D eigenvalue weighted by molar-refractivity contribution is 0.578. The van der Waals surface area contributed by atoms with Crippen LogP contribution in [0.25, 0.3) is 11.4 Å². The summed E-state index contributed by atoms with van der Waals surface area (Å²) in [5, 5.41) is 3.82. The van der Waals surface area contributed by atoms with Crippen LogP contribution >= 0.6 is 11.6 Å². The van der Waals surface area contributed by atoms with E-state index in [1.54, 1.807) is 18.5 Å². The van der Waals surface area contributed by atoms with E-state index in [9.17, 15) is 0 Å². The zero-order chi connectivity index (χ0) is 17.8. The van der Waals surface area contributed by atoms with Gasteiger partial charge in [-0.05, 0) is 43.5 Å². The maximum absolute atomic E-state index is 6.23. The van der Waals surface area contributed by atoms with Gasteiger partial charge in [0.25, 0.3) is 0 Å². The van der Waals surface area contributed by atoms with Crippen molar-refractivity contribution in [3.8, 4) is 11.4 Å². The van der Waals surface area contributed by atoms with E-state index < -0.39 is 0 Å². The van der Waals surface area contributed by atoms with Gasteiger partial charge in [0, 0.05) is 37.1 Å². The summed E-state index contributed by atoms with van der Waals surface area (Å²) < 4.78 is 0. The summed E-state index contributed by atoms with van der Waals surface area (Å²) in [4.78, 5) is 15.5. The molecule has 3 heterocycles. The first-order valence-corrected chi connectivity index (χ1v) is 9.23. The van der Waals surface area contributed by atoms with E-state index in [-0.39, 0.29) is 0 Å². The molecule has 0 aliphatic carbocycles. The molecule has 3 aromatic rings. The third-order valence-corrected chi connectivity index (χ3v) is 4.67. The highest BCUT2D eigenvalue weighted by atomic mass is 35.5. The second-order valence-electron chi connectivity index (χ2n) is 6.33. The SMILES string of the molecule is Clc1cc(Nc2ccccc2N2CCCCC2)nc(-c2cccnc2)n1. The van der Waals surface area contributed by atoms with Gasteiger partial charge >= 0.3 is 0 Å². The van der Waals surface area contributed by atoms with Crippen molar-refractivity contribution in [1.29, 1.82) is 0 Å². The number of aromatic nitrogens is 3. The maximum Gasteiger partial charge on any atom is 0.164 e. The van der Waals surface area contributed by atoms with Gasteiger partial charge in [-0.1, -0.05) is 23.7 Å². The molecule has 2 aromatic heterocycles. The molecule has 132 valence electrons. The van der Waals surface area contributed by atoms with Crippen LogP contribution in [0.4, 0.5) is 17.2 Å². The van der Waals surface area contributed by atoms with Gasteiger partial charge in [0.2, 0.25) is 0 Å². The number of rotatable bonds is 4. The van der Waals surface area contributed by atoms with E-state index in [1.807, 2.05) is 18.2 Å². The molecule has 26 heavy (non-hydrogen) atoms. The molecule has 0 atom stereocenters. The van der Waals surface area contributed by atoms with Gasteiger partial charge in [0.15, 0.2) is 5.82 Å². The van der Waals surface area contributed by atoms with E-state index in [4.69, 9.17) is 11.6 Å². The minimum absolute atomic E-state index is 0.400. The first kappa shape index (κ1) is 16.8. The van der Waals surface area contributed by atoms with Crippen LogP contribution in [0.15, 0.2) is 54.9 Å². The number of hydrogen-bond donors (Lipinski definition) is 1. The number of piperidine rings is 1. The number of nitrogens with zero attached hydrogens (tertiary/aromatic N) is 4. The second kappa shape index (κ2) is 7.70. The minimum Gasteiger partial charge on any atom is -0.370 e. The number of halogens is 1. The molecule has 0 spiro atoms. The Morgan fingerprint density at radius 2 is 1.81 bits per heavy atom. The van der Waals surface area contributed by atoms with Crippen molar-refractivity contribution in [1.82, 2.24) is 15.0 Å². The van der Waals surface area contributed by atoms with E-state index in [2.05, 4.69) is 43.4 Å². The molecule has 1 aliphatic rings. The Morgan fingerprint density at radius 1 is 0.962 bits per heavy atom. The van der Waals surface area contributed by atoms with Crippen LogP contribution in [0.3, 0.4) is 0 Å². The van der Waals surface area contributed by atoms with E-state index in [1.165, 1.54) is 24.9 Å². The van der Waals surface area contributed by atoms with Crippen molar-refractivity contribution >= 4 is 28.8 Å². The summed E-state index contributed by atoms with van der Waals surface area (Å²) in [5.74, 6) is 1.23. The number of anilines is 3. The van der Waals surface area contributed by atoms with Gasteiger partial charge in [0.1, 0.15) is 11.0 Å². The second-order valence-corrected chi connectivity index (χ2v) is 6.72. The predicted molar refractivity (Wildman–Crippen MR) is 106 cm³/mol.